The van der Waals surface area contributed by atoms with E-state index in [1.807, 2.05) is 6.92 Å². The van der Waals surface area contributed by atoms with Gasteiger partial charge in [0.2, 0.25) is 0 Å². The molecule has 18 heavy (non-hydrogen) atoms. The number of rotatable bonds is 5. The van der Waals surface area contributed by atoms with Crippen LogP contribution in [0.1, 0.15) is 19.8 Å². The number of likely N-dealkylation sites (tertiary alicyclic amines) is 1. The lowest BCUT2D eigenvalue weighted by atomic mass is 10.0. The van der Waals surface area contributed by atoms with Crippen LogP contribution in [-0.2, 0) is 4.74 Å². The first kappa shape index (κ1) is 15.2. The largest absolute Gasteiger partial charge is 0.399 e. The smallest absolute Gasteiger partial charge is 0.387 e. The van der Waals surface area contributed by atoms with E-state index in [2.05, 4.69) is 0 Å². The number of nitrogens with one attached hydrogen (secondary N) is 1. The first-order valence-corrected chi connectivity index (χ1v) is 6.09. The summed E-state index contributed by atoms with van der Waals surface area (Å²) in [7, 11) is 0. The predicted molar refractivity (Wildman–Crippen MR) is 62.5 cm³/mol. The molecule has 106 valence electrons. The van der Waals surface area contributed by atoms with Crippen molar-refractivity contribution in [3.63, 3.8) is 0 Å². The second-order valence-electron chi connectivity index (χ2n) is 4.53. The van der Waals surface area contributed by atoms with Crippen molar-refractivity contribution in [3.05, 3.63) is 0 Å². The fraction of sp³-hybridized carbons (Fsp3) is 0.909. The maximum absolute atomic E-state index is 12.7. The van der Waals surface area contributed by atoms with E-state index in [-0.39, 0.29) is 12.6 Å². The van der Waals surface area contributed by atoms with Gasteiger partial charge in [-0.3, -0.25) is 10.3 Å². The Kier molecular flexibility index (Phi) is 5.40. The first-order valence-electron chi connectivity index (χ1n) is 6.09. The minimum atomic E-state index is -4.45. The second-order valence-corrected chi connectivity index (χ2v) is 4.53. The second kappa shape index (κ2) is 6.38. The van der Waals surface area contributed by atoms with E-state index in [0.717, 1.165) is 12.8 Å². The summed E-state index contributed by atoms with van der Waals surface area (Å²) < 4.78 is 43.5. The van der Waals surface area contributed by atoms with Crippen LogP contribution >= 0.6 is 0 Å². The van der Waals surface area contributed by atoms with Gasteiger partial charge in [0, 0.05) is 19.7 Å². The van der Waals surface area contributed by atoms with Crippen molar-refractivity contribution in [3.8, 4) is 0 Å². The summed E-state index contributed by atoms with van der Waals surface area (Å²) in [4.78, 5) is 1.68. The molecule has 2 atom stereocenters. The molecule has 1 fully saturated rings. The molecule has 0 bridgehead atoms. The third kappa shape index (κ3) is 4.45. The Morgan fingerprint density at radius 1 is 1.56 bits per heavy atom. The van der Waals surface area contributed by atoms with Crippen LogP contribution in [0.4, 0.5) is 13.2 Å². The zero-order valence-corrected chi connectivity index (χ0v) is 10.5. The van der Waals surface area contributed by atoms with Gasteiger partial charge in [0.1, 0.15) is 11.8 Å². The van der Waals surface area contributed by atoms with Crippen LogP contribution in [0.5, 0.6) is 0 Å². The molecule has 1 aliphatic rings. The van der Waals surface area contributed by atoms with Crippen LogP contribution in [0.15, 0.2) is 0 Å². The highest BCUT2D eigenvalue weighted by molar-refractivity contribution is 5.80. The van der Waals surface area contributed by atoms with Crippen molar-refractivity contribution < 1.29 is 17.9 Å². The standard InChI is InChI=1S/C11H20F3N3O/c1-2-18-8-4-3-5-17(6-8)7-9(10(15)16)11(12,13)14/h8-9H,2-7H2,1H3,(H3,15,16). The van der Waals surface area contributed by atoms with Crippen molar-refractivity contribution in [2.75, 3.05) is 26.2 Å². The van der Waals surface area contributed by atoms with Crippen molar-refractivity contribution in [2.45, 2.75) is 32.0 Å². The minimum Gasteiger partial charge on any atom is -0.387 e. The fourth-order valence-corrected chi connectivity index (χ4v) is 2.19. The van der Waals surface area contributed by atoms with Crippen LogP contribution in [0.2, 0.25) is 0 Å². The van der Waals surface area contributed by atoms with Crippen molar-refractivity contribution in [1.29, 1.82) is 5.41 Å². The molecule has 0 amide bonds. The molecule has 3 N–H and O–H groups in total. The van der Waals surface area contributed by atoms with E-state index in [4.69, 9.17) is 15.9 Å². The number of piperidine rings is 1. The molecule has 0 aromatic rings. The summed E-state index contributed by atoms with van der Waals surface area (Å²) in [6.45, 7) is 3.26. The normalized spacial score (nSPS) is 23.9. The van der Waals surface area contributed by atoms with Crippen molar-refractivity contribution in [2.24, 2.45) is 11.7 Å². The third-order valence-electron chi connectivity index (χ3n) is 3.08. The first-order chi connectivity index (χ1) is 8.34. The van der Waals surface area contributed by atoms with Gasteiger partial charge in [-0.1, -0.05) is 0 Å². The molecule has 0 aromatic heterocycles. The predicted octanol–water partition coefficient (Wildman–Crippen LogP) is 1.60. The van der Waals surface area contributed by atoms with Gasteiger partial charge in [0.15, 0.2) is 0 Å². The lowest BCUT2D eigenvalue weighted by molar-refractivity contribution is -0.162. The number of nitrogens with two attached hydrogens (primary N) is 1. The minimum absolute atomic E-state index is 0.00964. The van der Waals surface area contributed by atoms with E-state index in [1.165, 1.54) is 0 Å². The van der Waals surface area contributed by atoms with Crippen LogP contribution in [-0.4, -0.2) is 49.3 Å². The van der Waals surface area contributed by atoms with Crippen LogP contribution in [0, 0.1) is 11.3 Å². The average molecular weight is 267 g/mol. The van der Waals surface area contributed by atoms with E-state index < -0.39 is 17.9 Å². The zero-order chi connectivity index (χ0) is 13.8. The Hall–Kier alpha value is -0.820. The monoisotopic (exact) mass is 267 g/mol. The molecule has 0 saturated carbocycles. The molecule has 4 nitrogen and oxygen atoms in total. The maximum Gasteiger partial charge on any atom is 0.399 e. The lowest BCUT2D eigenvalue weighted by Crippen LogP contribution is -2.48. The molecule has 7 heteroatoms. The Bertz CT molecular complexity index is 281. The van der Waals surface area contributed by atoms with E-state index in [0.29, 0.717) is 19.7 Å². The average Bonchev–Trinajstić information content (AvgIpc) is 2.25. The van der Waals surface area contributed by atoms with Crippen LogP contribution in [0.3, 0.4) is 0 Å². The van der Waals surface area contributed by atoms with Gasteiger partial charge in [-0.25, -0.2) is 0 Å². The molecule has 1 rings (SSSR count). The molecule has 2 unspecified atom stereocenters. The number of nitrogens with zero attached hydrogens (tertiary/aromatic N) is 1. The number of hydrogen-bond donors (Lipinski definition) is 2. The van der Waals surface area contributed by atoms with Gasteiger partial charge in [-0.15, -0.1) is 0 Å². The molecule has 0 spiro atoms. The summed E-state index contributed by atoms with van der Waals surface area (Å²) in [5.74, 6) is -2.70. The molecule has 1 heterocycles. The summed E-state index contributed by atoms with van der Waals surface area (Å²) in [5.41, 5.74) is 5.04. The molecule has 1 aliphatic heterocycles. The molecule has 0 aliphatic carbocycles. The summed E-state index contributed by atoms with van der Waals surface area (Å²) in [5, 5.41) is 7.06. The lowest BCUT2D eigenvalue weighted by Gasteiger charge is -2.34. The number of ether oxygens (including phenoxy) is 1. The van der Waals surface area contributed by atoms with E-state index in [1.54, 1.807) is 4.90 Å². The Morgan fingerprint density at radius 2 is 2.22 bits per heavy atom. The molecular weight excluding hydrogens is 247 g/mol. The highest BCUT2D eigenvalue weighted by atomic mass is 19.4. The number of halogens is 3. The highest BCUT2D eigenvalue weighted by Gasteiger charge is 2.43. The van der Waals surface area contributed by atoms with Gasteiger partial charge < -0.3 is 10.5 Å². The van der Waals surface area contributed by atoms with Crippen molar-refractivity contribution in [1.82, 2.24) is 4.90 Å². The highest BCUT2D eigenvalue weighted by Crippen LogP contribution is 2.28. The van der Waals surface area contributed by atoms with Gasteiger partial charge in [-0.05, 0) is 26.3 Å². The van der Waals surface area contributed by atoms with E-state index >= 15 is 0 Å². The number of hydrogen-bond acceptors (Lipinski definition) is 3. The van der Waals surface area contributed by atoms with Gasteiger partial charge >= 0.3 is 6.18 Å². The van der Waals surface area contributed by atoms with E-state index in [9.17, 15) is 13.2 Å². The SMILES string of the molecule is CCOC1CCCN(CC(C(=N)N)C(F)(F)F)C1. The third-order valence-corrected chi connectivity index (χ3v) is 3.08. The zero-order valence-electron chi connectivity index (χ0n) is 10.5. The Morgan fingerprint density at radius 3 is 2.72 bits per heavy atom. The molecule has 0 aromatic carbocycles. The Balaban J connectivity index is 2.56. The van der Waals surface area contributed by atoms with Gasteiger partial charge in [0.05, 0.1) is 6.10 Å². The molecule has 0 radical (unpaired) electrons. The maximum atomic E-state index is 12.7. The summed E-state index contributed by atoms with van der Waals surface area (Å²) >= 11 is 0. The Labute approximate surface area is 105 Å². The topological polar surface area (TPSA) is 62.3 Å². The summed E-state index contributed by atoms with van der Waals surface area (Å²) in [6, 6.07) is 0. The fourth-order valence-electron chi connectivity index (χ4n) is 2.19. The van der Waals surface area contributed by atoms with Gasteiger partial charge in [-0.2, -0.15) is 13.2 Å². The number of amidine groups is 1. The molecule has 1 saturated heterocycles. The van der Waals surface area contributed by atoms with Gasteiger partial charge in [0.25, 0.3) is 0 Å². The van der Waals surface area contributed by atoms with Crippen LogP contribution in [0.25, 0.3) is 0 Å². The summed E-state index contributed by atoms with van der Waals surface area (Å²) in [6.07, 6.45) is -2.77. The van der Waals surface area contributed by atoms with Crippen LogP contribution < -0.4 is 5.73 Å². The quantitative estimate of drug-likeness (QED) is 0.587. The molecular formula is C11H20F3N3O. The van der Waals surface area contributed by atoms with Crippen molar-refractivity contribution >= 4 is 5.84 Å². The number of alkyl halides is 3.